The SMILES string of the molecule is CC(C)OCCCNc1nc2c(c(=O)n(Cc3cccc(F)c3)c(=O)n2C)n1C. The van der Waals surface area contributed by atoms with Crippen molar-refractivity contribution in [1.29, 1.82) is 0 Å². The summed E-state index contributed by atoms with van der Waals surface area (Å²) in [6.45, 7) is 5.19. The van der Waals surface area contributed by atoms with Crippen LogP contribution in [0.4, 0.5) is 10.3 Å². The minimum atomic E-state index is -0.498. The Morgan fingerprint density at radius 1 is 1.21 bits per heavy atom. The molecule has 2 heterocycles. The van der Waals surface area contributed by atoms with Crippen molar-refractivity contribution in [3.8, 4) is 0 Å². The fraction of sp³-hybridized carbons (Fsp3) is 0.450. The third-order valence-electron chi connectivity index (χ3n) is 4.65. The lowest BCUT2D eigenvalue weighted by molar-refractivity contribution is 0.0787. The van der Waals surface area contributed by atoms with Crippen LogP contribution in [0, 0.1) is 5.82 Å². The average molecular weight is 403 g/mol. The van der Waals surface area contributed by atoms with Crippen LogP contribution < -0.4 is 16.6 Å². The zero-order chi connectivity index (χ0) is 21.1. The van der Waals surface area contributed by atoms with Crippen LogP contribution in [0.3, 0.4) is 0 Å². The summed E-state index contributed by atoms with van der Waals surface area (Å²) in [5.41, 5.74) is 0.192. The van der Waals surface area contributed by atoms with Gasteiger partial charge in [-0.1, -0.05) is 12.1 Å². The van der Waals surface area contributed by atoms with Crippen molar-refractivity contribution in [2.45, 2.75) is 32.9 Å². The van der Waals surface area contributed by atoms with Crippen molar-refractivity contribution in [1.82, 2.24) is 18.7 Å². The Morgan fingerprint density at radius 2 is 1.97 bits per heavy atom. The summed E-state index contributed by atoms with van der Waals surface area (Å²) in [7, 11) is 3.29. The summed E-state index contributed by atoms with van der Waals surface area (Å²) in [6.07, 6.45) is 0.959. The van der Waals surface area contributed by atoms with E-state index >= 15 is 0 Å². The van der Waals surface area contributed by atoms with Gasteiger partial charge in [-0.15, -0.1) is 0 Å². The van der Waals surface area contributed by atoms with Gasteiger partial charge in [0, 0.05) is 27.2 Å². The van der Waals surface area contributed by atoms with Gasteiger partial charge in [0.25, 0.3) is 5.56 Å². The highest BCUT2D eigenvalue weighted by molar-refractivity contribution is 5.74. The number of halogens is 1. The first-order valence-electron chi connectivity index (χ1n) is 9.55. The van der Waals surface area contributed by atoms with Crippen LogP contribution >= 0.6 is 0 Å². The molecule has 0 aliphatic carbocycles. The Labute approximate surface area is 167 Å². The van der Waals surface area contributed by atoms with Gasteiger partial charge in [-0.05, 0) is 38.0 Å². The van der Waals surface area contributed by atoms with Crippen LogP contribution in [0.2, 0.25) is 0 Å². The average Bonchev–Trinajstić information content (AvgIpc) is 3.00. The molecular weight excluding hydrogens is 377 g/mol. The van der Waals surface area contributed by atoms with Crippen molar-refractivity contribution in [2.24, 2.45) is 14.1 Å². The van der Waals surface area contributed by atoms with Gasteiger partial charge in [0.1, 0.15) is 5.82 Å². The summed E-state index contributed by atoms with van der Waals surface area (Å²) in [5.74, 6) is 0.0852. The third kappa shape index (κ3) is 4.40. The molecule has 9 heteroatoms. The highest BCUT2D eigenvalue weighted by Gasteiger charge is 2.18. The van der Waals surface area contributed by atoms with Gasteiger partial charge in [0.15, 0.2) is 11.2 Å². The van der Waals surface area contributed by atoms with Crippen LogP contribution in [0.15, 0.2) is 33.9 Å². The van der Waals surface area contributed by atoms with Crippen molar-refractivity contribution in [2.75, 3.05) is 18.5 Å². The predicted molar refractivity (Wildman–Crippen MR) is 110 cm³/mol. The largest absolute Gasteiger partial charge is 0.379 e. The molecule has 0 saturated heterocycles. The number of nitrogens with one attached hydrogen (secondary N) is 1. The standard InChI is InChI=1S/C20H26FN5O3/c1-13(2)29-10-6-9-22-19-23-17-16(24(19)3)18(27)26(20(28)25(17)4)12-14-7-5-8-15(21)11-14/h5,7-8,11,13H,6,9-10,12H2,1-4H3,(H,22,23). The van der Waals surface area contributed by atoms with Gasteiger partial charge in [0.2, 0.25) is 5.95 Å². The van der Waals surface area contributed by atoms with Gasteiger partial charge in [-0.2, -0.15) is 4.98 Å². The second kappa shape index (κ2) is 8.60. The van der Waals surface area contributed by atoms with Crippen LogP contribution in [-0.4, -0.2) is 37.9 Å². The third-order valence-corrected chi connectivity index (χ3v) is 4.65. The first kappa shape index (κ1) is 20.8. The Hall–Kier alpha value is -2.94. The molecular formula is C20H26FN5O3. The van der Waals surface area contributed by atoms with E-state index in [-0.39, 0.29) is 12.6 Å². The summed E-state index contributed by atoms with van der Waals surface area (Å²) in [4.78, 5) is 30.2. The fourth-order valence-electron chi connectivity index (χ4n) is 3.15. The van der Waals surface area contributed by atoms with E-state index < -0.39 is 17.1 Å². The molecule has 1 N–H and O–H groups in total. The molecule has 0 fully saturated rings. The molecule has 2 aromatic heterocycles. The fourth-order valence-corrected chi connectivity index (χ4v) is 3.15. The zero-order valence-corrected chi connectivity index (χ0v) is 17.1. The Morgan fingerprint density at radius 3 is 2.66 bits per heavy atom. The maximum absolute atomic E-state index is 13.5. The van der Waals surface area contributed by atoms with Gasteiger partial charge in [0.05, 0.1) is 12.6 Å². The smallest absolute Gasteiger partial charge is 0.332 e. The molecule has 3 rings (SSSR count). The van der Waals surface area contributed by atoms with Crippen LogP contribution in [0.25, 0.3) is 11.2 Å². The van der Waals surface area contributed by atoms with E-state index in [0.29, 0.717) is 35.8 Å². The zero-order valence-electron chi connectivity index (χ0n) is 17.1. The monoisotopic (exact) mass is 403 g/mol. The maximum atomic E-state index is 13.5. The Bertz CT molecular complexity index is 1130. The molecule has 29 heavy (non-hydrogen) atoms. The number of anilines is 1. The highest BCUT2D eigenvalue weighted by Crippen LogP contribution is 2.14. The Balaban J connectivity index is 1.92. The second-order valence-electron chi connectivity index (χ2n) is 7.23. The second-order valence-corrected chi connectivity index (χ2v) is 7.23. The summed E-state index contributed by atoms with van der Waals surface area (Å²) in [5, 5.41) is 3.19. The summed E-state index contributed by atoms with van der Waals surface area (Å²) >= 11 is 0. The quantitative estimate of drug-likeness (QED) is 0.581. The lowest BCUT2D eigenvalue weighted by atomic mass is 10.2. The molecule has 156 valence electrons. The number of hydrogen-bond acceptors (Lipinski definition) is 5. The van der Waals surface area contributed by atoms with E-state index in [1.54, 1.807) is 30.8 Å². The van der Waals surface area contributed by atoms with E-state index in [1.165, 1.54) is 16.7 Å². The normalized spacial score (nSPS) is 11.5. The minimum absolute atomic E-state index is 0.0142. The Kier molecular flexibility index (Phi) is 6.17. The first-order chi connectivity index (χ1) is 13.8. The number of hydrogen-bond donors (Lipinski definition) is 1. The van der Waals surface area contributed by atoms with E-state index in [1.807, 2.05) is 13.8 Å². The van der Waals surface area contributed by atoms with Gasteiger partial charge >= 0.3 is 5.69 Å². The van der Waals surface area contributed by atoms with Crippen molar-refractivity contribution in [3.05, 3.63) is 56.5 Å². The van der Waals surface area contributed by atoms with Crippen molar-refractivity contribution in [3.63, 3.8) is 0 Å². The number of ether oxygens (including phenoxy) is 1. The van der Waals surface area contributed by atoms with Gasteiger partial charge < -0.3 is 14.6 Å². The number of imidazole rings is 1. The van der Waals surface area contributed by atoms with Gasteiger partial charge in [-0.25, -0.2) is 9.18 Å². The first-order valence-corrected chi connectivity index (χ1v) is 9.55. The number of aryl methyl sites for hydroxylation is 2. The van der Waals surface area contributed by atoms with E-state index in [4.69, 9.17) is 4.74 Å². The molecule has 8 nitrogen and oxygen atoms in total. The molecule has 0 radical (unpaired) electrons. The molecule has 0 saturated carbocycles. The summed E-state index contributed by atoms with van der Waals surface area (Å²) < 4.78 is 23.1. The molecule has 0 aliphatic heterocycles. The van der Waals surface area contributed by atoms with Crippen molar-refractivity contribution >= 4 is 17.1 Å². The molecule has 1 aromatic carbocycles. The van der Waals surface area contributed by atoms with E-state index in [9.17, 15) is 14.0 Å². The lowest BCUT2D eigenvalue weighted by Gasteiger charge is -2.09. The number of fused-ring (bicyclic) bond motifs is 1. The predicted octanol–water partition coefficient (Wildman–Crippen LogP) is 1.85. The number of aromatic nitrogens is 4. The minimum Gasteiger partial charge on any atom is -0.379 e. The number of rotatable bonds is 8. The van der Waals surface area contributed by atoms with Crippen LogP contribution in [-0.2, 0) is 25.4 Å². The molecule has 3 aromatic rings. The number of benzene rings is 1. The van der Waals surface area contributed by atoms with Gasteiger partial charge in [-0.3, -0.25) is 13.9 Å². The molecule has 0 atom stereocenters. The highest BCUT2D eigenvalue weighted by atomic mass is 19.1. The molecule has 0 bridgehead atoms. The van der Waals surface area contributed by atoms with Crippen LogP contribution in [0.1, 0.15) is 25.8 Å². The molecule has 0 amide bonds. The van der Waals surface area contributed by atoms with Crippen molar-refractivity contribution < 1.29 is 9.13 Å². The molecule has 0 spiro atoms. The molecule has 0 unspecified atom stereocenters. The molecule has 0 aliphatic rings. The van der Waals surface area contributed by atoms with E-state index in [0.717, 1.165) is 11.0 Å². The topological polar surface area (TPSA) is 83.1 Å². The number of nitrogens with zero attached hydrogens (tertiary/aromatic N) is 4. The van der Waals surface area contributed by atoms with Crippen LogP contribution in [0.5, 0.6) is 0 Å². The lowest BCUT2D eigenvalue weighted by Crippen LogP contribution is -2.39. The van der Waals surface area contributed by atoms with E-state index in [2.05, 4.69) is 10.3 Å². The maximum Gasteiger partial charge on any atom is 0.332 e. The summed E-state index contributed by atoms with van der Waals surface area (Å²) in [6, 6.07) is 5.85.